The maximum atomic E-state index is 11.2. The highest BCUT2D eigenvalue weighted by Crippen LogP contribution is 2.24. The maximum absolute atomic E-state index is 11.2. The van der Waals surface area contributed by atoms with Gasteiger partial charge in [0.1, 0.15) is 5.75 Å². The number of hydrogen-bond donors (Lipinski definition) is 1. The second-order valence-corrected chi connectivity index (χ2v) is 3.72. The third-order valence-electron chi connectivity index (χ3n) is 2.43. The summed E-state index contributed by atoms with van der Waals surface area (Å²) in [7, 11) is 1.61. The molecule has 2 N–H and O–H groups in total. The third-order valence-corrected chi connectivity index (χ3v) is 2.43. The minimum absolute atomic E-state index is 0.331. The average Bonchev–Trinajstić information content (AvgIpc) is 2.17. The number of carbonyl (C=O) groups is 1. The molecular formula is C11H15NO2. The van der Waals surface area contributed by atoms with E-state index in [1.807, 2.05) is 24.3 Å². The van der Waals surface area contributed by atoms with Crippen molar-refractivity contribution in [2.24, 2.45) is 5.73 Å². The number of hydrogen-bond acceptors (Lipinski definition) is 2. The number of benzene rings is 1. The lowest BCUT2D eigenvalue weighted by molar-refractivity contribution is -0.122. The molecule has 0 bridgehead atoms. The molecular weight excluding hydrogens is 178 g/mol. The summed E-state index contributed by atoms with van der Waals surface area (Å²) in [5.74, 6) is 0.441. The molecule has 0 saturated carbocycles. The van der Waals surface area contributed by atoms with E-state index in [0.29, 0.717) is 0 Å². The lowest BCUT2D eigenvalue weighted by atomic mass is 9.84. The first kappa shape index (κ1) is 10.6. The van der Waals surface area contributed by atoms with Gasteiger partial charge in [-0.1, -0.05) is 12.1 Å². The van der Waals surface area contributed by atoms with Crippen molar-refractivity contribution in [1.29, 1.82) is 0 Å². The number of ether oxygens (including phenoxy) is 1. The van der Waals surface area contributed by atoms with Crippen LogP contribution in [0.5, 0.6) is 5.75 Å². The van der Waals surface area contributed by atoms with Gasteiger partial charge in [0.15, 0.2) is 0 Å². The normalized spacial score (nSPS) is 11.1. The Hall–Kier alpha value is -1.51. The van der Waals surface area contributed by atoms with Gasteiger partial charge in [0.05, 0.1) is 12.5 Å². The largest absolute Gasteiger partial charge is 0.497 e. The van der Waals surface area contributed by atoms with Crippen LogP contribution in [0.4, 0.5) is 0 Å². The molecule has 0 aliphatic carbocycles. The summed E-state index contributed by atoms with van der Waals surface area (Å²) in [5.41, 5.74) is 5.56. The number of carbonyl (C=O) groups excluding carboxylic acids is 1. The Morgan fingerprint density at radius 2 is 1.79 bits per heavy atom. The first-order valence-electron chi connectivity index (χ1n) is 4.43. The van der Waals surface area contributed by atoms with Gasteiger partial charge in [-0.05, 0) is 31.5 Å². The second-order valence-electron chi connectivity index (χ2n) is 3.72. The fraction of sp³-hybridized carbons (Fsp3) is 0.364. The molecule has 0 fully saturated rings. The van der Waals surface area contributed by atoms with Crippen LogP contribution in [0.3, 0.4) is 0 Å². The van der Waals surface area contributed by atoms with Gasteiger partial charge in [0.25, 0.3) is 0 Å². The van der Waals surface area contributed by atoms with Crippen molar-refractivity contribution in [3.05, 3.63) is 29.8 Å². The van der Waals surface area contributed by atoms with Crippen LogP contribution in [-0.2, 0) is 10.2 Å². The lowest BCUT2D eigenvalue weighted by Crippen LogP contribution is -2.35. The Bertz CT molecular complexity index is 328. The fourth-order valence-electron chi connectivity index (χ4n) is 1.15. The van der Waals surface area contributed by atoms with Crippen LogP contribution >= 0.6 is 0 Å². The molecule has 0 heterocycles. The summed E-state index contributed by atoms with van der Waals surface area (Å²) >= 11 is 0. The number of methoxy groups -OCH3 is 1. The molecule has 0 atom stereocenters. The van der Waals surface area contributed by atoms with Gasteiger partial charge < -0.3 is 10.5 Å². The van der Waals surface area contributed by atoms with Crippen molar-refractivity contribution in [3.63, 3.8) is 0 Å². The number of amides is 1. The summed E-state index contributed by atoms with van der Waals surface area (Å²) in [6.45, 7) is 3.61. The number of primary amides is 1. The summed E-state index contributed by atoms with van der Waals surface area (Å²) in [6.07, 6.45) is 0. The SMILES string of the molecule is COc1ccc(C(C)(C)C(N)=O)cc1. The molecule has 1 amide bonds. The Balaban J connectivity index is 3.02. The minimum atomic E-state index is -0.633. The van der Waals surface area contributed by atoms with E-state index < -0.39 is 5.41 Å². The second kappa shape index (κ2) is 3.70. The Morgan fingerprint density at radius 1 is 1.29 bits per heavy atom. The van der Waals surface area contributed by atoms with Crippen LogP contribution in [0, 0.1) is 0 Å². The standard InChI is InChI=1S/C11H15NO2/c1-11(2,10(12)13)8-4-6-9(14-3)7-5-8/h4-7H,1-3H3,(H2,12,13). The molecule has 0 radical (unpaired) electrons. The highest BCUT2D eigenvalue weighted by atomic mass is 16.5. The monoisotopic (exact) mass is 193 g/mol. The third kappa shape index (κ3) is 1.87. The molecule has 0 aliphatic heterocycles. The summed E-state index contributed by atoms with van der Waals surface area (Å²) in [6, 6.07) is 7.34. The highest BCUT2D eigenvalue weighted by Gasteiger charge is 2.26. The molecule has 3 heteroatoms. The van der Waals surface area contributed by atoms with E-state index in [1.54, 1.807) is 21.0 Å². The molecule has 3 nitrogen and oxygen atoms in total. The van der Waals surface area contributed by atoms with Crippen molar-refractivity contribution in [1.82, 2.24) is 0 Å². The number of rotatable bonds is 3. The van der Waals surface area contributed by atoms with E-state index >= 15 is 0 Å². The van der Waals surface area contributed by atoms with Crippen LogP contribution < -0.4 is 10.5 Å². The quantitative estimate of drug-likeness (QED) is 0.790. The van der Waals surface area contributed by atoms with Crippen LogP contribution in [0.25, 0.3) is 0 Å². The zero-order chi connectivity index (χ0) is 10.8. The zero-order valence-corrected chi connectivity index (χ0v) is 8.70. The van der Waals surface area contributed by atoms with Gasteiger partial charge in [0, 0.05) is 0 Å². The van der Waals surface area contributed by atoms with Gasteiger partial charge >= 0.3 is 0 Å². The van der Waals surface area contributed by atoms with Crippen molar-refractivity contribution in [2.75, 3.05) is 7.11 Å². The molecule has 0 aromatic heterocycles. The van der Waals surface area contributed by atoms with Gasteiger partial charge in [-0.15, -0.1) is 0 Å². The van der Waals surface area contributed by atoms with E-state index in [4.69, 9.17) is 10.5 Å². The Morgan fingerprint density at radius 3 is 2.14 bits per heavy atom. The van der Waals surface area contributed by atoms with Crippen molar-refractivity contribution < 1.29 is 9.53 Å². The fourth-order valence-corrected chi connectivity index (χ4v) is 1.15. The van der Waals surface area contributed by atoms with E-state index in [0.717, 1.165) is 11.3 Å². The summed E-state index contributed by atoms with van der Waals surface area (Å²) in [5, 5.41) is 0. The maximum Gasteiger partial charge on any atom is 0.227 e. The molecule has 76 valence electrons. The van der Waals surface area contributed by atoms with Crippen molar-refractivity contribution in [3.8, 4) is 5.75 Å². The summed E-state index contributed by atoms with van der Waals surface area (Å²) < 4.78 is 5.03. The molecule has 0 aliphatic rings. The van der Waals surface area contributed by atoms with Gasteiger partial charge in [-0.25, -0.2) is 0 Å². The van der Waals surface area contributed by atoms with Gasteiger partial charge in [-0.3, -0.25) is 4.79 Å². The van der Waals surface area contributed by atoms with E-state index in [1.165, 1.54) is 0 Å². The molecule has 0 spiro atoms. The predicted octanol–water partition coefficient (Wildman–Crippen LogP) is 1.46. The van der Waals surface area contributed by atoms with E-state index in [-0.39, 0.29) is 5.91 Å². The van der Waals surface area contributed by atoms with Crippen LogP contribution in [0.1, 0.15) is 19.4 Å². The van der Waals surface area contributed by atoms with Crippen LogP contribution in [0.2, 0.25) is 0 Å². The molecule has 0 saturated heterocycles. The minimum Gasteiger partial charge on any atom is -0.497 e. The topological polar surface area (TPSA) is 52.3 Å². The van der Waals surface area contributed by atoms with Crippen molar-refractivity contribution >= 4 is 5.91 Å². The van der Waals surface area contributed by atoms with E-state index in [9.17, 15) is 4.79 Å². The van der Waals surface area contributed by atoms with E-state index in [2.05, 4.69) is 0 Å². The highest BCUT2D eigenvalue weighted by molar-refractivity contribution is 5.85. The van der Waals surface area contributed by atoms with Gasteiger partial charge in [-0.2, -0.15) is 0 Å². The predicted molar refractivity (Wildman–Crippen MR) is 55.2 cm³/mol. The Kier molecular flexibility index (Phi) is 2.79. The molecule has 0 unspecified atom stereocenters. The molecule has 1 aromatic carbocycles. The van der Waals surface area contributed by atoms with Crippen LogP contribution in [-0.4, -0.2) is 13.0 Å². The average molecular weight is 193 g/mol. The van der Waals surface area contributed by atoms with Crippen LogP contribution in [0.15, 0.2) is 24.3 Å². The number of nitrogens with two attached hydrogens (primary N) is 1. The van der Waals surface area contributed by atoms with Gasteiger partial charge in [0.2, 0.25) is 5.91 Å². The smallest absolute Gasteiger partial charge is 0.227 e. The first-order chi connectivity index (χ1) is 6.48. The molecule has 14 heavy (non-hydrogen) atoms. The molecule has 1 aromatic rings. The zero-order valence-electron chi connectivity index (χ0n) is 8.70. The van der Waals surface area contributed by atoms with Crippen molar-refractivity contribution in [2.45, 2.75) is 19.3 Å². The Labute approximate surface area is 83.9 Å². The summed E-state index contributed by atoms with van der Waals surface area (Å²) in [4.78, 5) is 11.2. The lowest BCUT2D eigenvalue weighted by Gasteiger charge is -2.20. The molecule has 1 rings (SSSR count). The first-order valence-corrected chi connectivity index (χ1v) is 4.43.